The van der Waals surface area contributed by atoms with Crippen molar-refractivity contribution >= 4 is 29.1 Å². The van der Waals surface area contributed by atoms with E-state index < -0.39 is 0 Å². The van der Waals surface area contributed by atoms with Crippen LogP contribution in [-0.2, 0) is 4.79 Å². The van der Waals surface area contributed by atoms with E-state index in [1.807, 2.05) is 38.1 Å². The Kier molecular flexibility index (Phi) is 5.94. The third-order valence-electron chi connectivity index (χ3n) is 3.90. The Balaban J connectivity index is 2.12. The second-order valence-electron chi connectivity index (χ2n) is 5.73. The molecule has 1 aromatic carbocycles. The average Bonchev–Trinajstić information content (AvgIpc) is 2.57. The van der Waals surface area contributed by atoms with Crippen LogP contribution in [0, 0.1) is 32.1 Å². The molecule has 0 radical (unpaired) electrons. The predicted octanol–water partition coefficient (Wildman–Crippen LogP) is 3.81. The fraction of sp³-hybridized carbons (Fsp3) is 0.263. The Morgan fingerprint density at radius 2 is 2.00 bits per heavy atom. The minimum Gasteiger partial charge on any atom is -0.325 e. The zero-order chi connectivity index (χ0) is 18.6. The van der Waals surface area contributed by atoms with E-state index in [0.717, 1.165) is 16.8 Å². The van der Waals surface area contributed by atoms with Crippen LogP contribution < -0.4 is 5.32 Å². The van der Waals surface area contributed by atoms with Crippen molar-refractivity contribution in [2.24, 2.45) is 0 Å². The smallest absolute Gasteiger partial charge is 0.234 e. The number of ketones is 1. The molecule has 0 saturated heterocycles. The number of nitriles is 1. The van der Waals surface area contributed by atoms with Crippen LogP contribution in [0.25, 0.3) is 0 Å². The van der Waals surface area contributed by atoms with Crippen molar-refractivity contribution in [1.29, 1.82) is 5.26 Å². The lowest BCUT2D eigenvalue weighted by atomic mass is 10.1. The number of anilines is 1. The number of benzene rings is 1. The van der Waals surface area contributed by atoms with Crippen LogP contribution in [0.15, 0.2) is 29.3 Å². The maximum absolute atomic E-state index is 12.2. The average molecular weight is 353 g/mol. The first-order chi connectivity index (χ1) is 11.8. The molecule has 5 nitrogen and oxygen atoms in total. The minimum atomic E-state index is -0.169. The molecule has 2 aromatic rings. The molecule has 2 rings (SSSR count). The van der Waals surface area contributed by atoms with E-state index in [1.54, 1.807) is 6.92 Å². The summed E-state index contributed by atoms with van der Waals surface area (Å²) in [5, 5.41) is 12.6. The molecule has 0 unspecified atom stereocenters. The predicted molar refractivity (Wildman–Crippen MR) is 99.0 cm³/mol. The fourth-order valence-electron chi connectivity index (χ4n) is 2.34. The van der Waals surface area contributed by atoms with Gasteiger partial charge in [0.05, 0.1) is 11.3 Å². The number of amides is 1. The van der Waals surface area contributed by atoms with Crippen LogP contribution in [0.3, 0.4) is 0 Å². The SMILES string of the molecule is CC(=O)c1cc(C#N)c(SCC(=O)Nc2cccc(C)c2C)nc1C. The highest BCUT2D eigenvalue weighted by atomic mass is 32.2. The van der Waals surface area contributed by atoms with Gasteiger partial charge in [-0.1, -0.05) is 23.9 Å². The molecule has 0 aliphatic carbocycles. The number of nitrogens with one attached hydrogen (secondary N) is 1. The molecule has 0 aliphatic rings. The zero-order valence-corrected chi connectivity index (χ0v) is 15.5. The van der Waals surface area contributed by atoms with Gasteiger partial charge in [0.15, 0.2) is 5.78 Å². The van der Waals surface area contributed by atoms with Gasteiger partial charge in [-0.3, -0.25) is 9.59 Å². The lowest BCUT2D eigenvalue weighted by Gasteiger charge is -2.11. The third kappa shape index (κ3) is 4.46. The number of thioether (sulfide) groups is 1. The standard InChI is InChI=1S/C19H19N3O2S/c1-11-6-5-7-17(12(11)2)22-18(24)10-25-19-15(9-20)8-16(14(4)23)13(3)21-19/h5-8H,10H2,1-4H3,(H,22,24). The van der Waals surface area contributed by atoms with Crippen LogP contribution in [0.1, 0.15) is 39.7 Å². The highest BCUT2D eigenvalue weighted by molar-refractivity contribution is 8.00. The van der Waals surface area contributed by atoms with Crippen molar-refractivity contribution in [3.63, 3.8) is 0 Å². The molecule has 0 spiro atoms. The number of hydrogen-bond acceptors (Lipinski definition) is 5. The van der Waals surface area contributed by atoms with Gasteiger partial charge in [0.2, 0.25) is 5.91 Å². The number of nitrogens with zero attached hydrogens (tertiary/aromatic N) is 2. The van der Waals surface area contributed by atoms with Gasteiger partial charge < -0.3 is 5.32 Å². The summed E-state index contributed by atoms with van der Waals surface area (Å²) in [6.07, 6.45) is 0. The molecule has 1 N–H and O–H groups in total. The highest BCUT2D eigenvalue weighted by Crippen LogP contribution is 2.24. The maximum atomic E-state index is 12.2. The Labute approximate surface area is 151 Å². The van der Waals surface area contributed by atoms with Crippen LogP contribution in [0.4, 0.5) is 5.69 Å². The van der Waals surface area contributed by atoms with E-state index in [-0.39, 0.29) is 17.4 Å². The molecule has 0 atom stereocenters. The van der Waals surface area contributed by atoms with Gasteiger partial charge in [-0.25, -0.2) is 4.98 Å². The molecule has 1 heterocycles. The van der Waals surface area contributed by atoms with Crippen molar-refractivity contribution in [2.45, 2.75) is 32.7 Å². The number of aromatic nitrogens is 1. The molecule has 25 heavy (non-hydrogen) atoms. The molecular formula is C19H19N3O2S. The van der Waals surface area contributed by atoms with Gasteiger partial charge in [0, 0.05) is 16.9 Å². The van der Waals surface area contributed by atoms with Crippen LogP contribution in [0.5, 0.6) is 0 Å². The molecule has 1 aromatic heterocycles. The second kappa shape index (κ2) is 7.95. The fourth-order valence-corrected chi connectivity index (χ4v) is 3.14. The van der Waals surface area contributed by atoms with Gasteiger partial charge >= 0.3 is 0 Å². The van der Waals surface area contributed by atoms with E-state index in [2.05, 4.69) is 10.3 Å². The summed E-state index contributed by atoms with van der Waals surface area (Å²) in [7, 11) is 0. The monoisotopic (exact) mass is 353 g/mol. The molecule has 0 saturated carbocycles. The van der Waals surface area contributed by atoms with Crippen molar-refractivity contribution in [3.8, 4) is 6.07 Å². The van der Waals surface area contributed by atoms with Crippen molar-refractivity contribution in [2.75, 3.05) is 11.1 Å². The van der Waals surface area contributed by atoms with Gasteiger partial charge in [-0.2, -0.15) is 5.26 Å². The third-order valence-corrected chi connectivity index (χ3v) is 4.89. The molecule has 6 heteroatoms. The normalized spacial score (nSPS) is 10.2. The van der Waals surface area contributed by atoms with Crippen LogP contribution in [0.2, 0.25) is 0 Å². The van der Waals surface area contributed by atoms with E-state index in [9.17, 15) is 14.9 Å². The van der Waals surface area contributed by atoms with Gasteiger partial charge in [-0.15, -0.1) is 0 Å². The number of Topliss-reactive ketones (excluding diaryl/α,β-unsaturated/α-hetero) is 1. The molecule has 0 aliphatic heterocycles. The zero-order valence-electron chi connectivity index (χ0n) is 14.6. The summed E-state index contributed by atoms with van der Waals surface area (Å²) >= 11 is 1.19. The number of carbonyl (C=O) groups excluding carboxylic acids is 2. The summed E-state index contributed by atoms with van der Waals surface area (Å²) in [6, 6.07) is 9.32. The Morgan fingerprint density at radius 1 is 1.28 bits per heavy atom. The van der Waals surface area contributed by atoms with Gasteiger partial charge in [0.1, 0.15) is 11.1 Å². The Hall–Kier alpha value is -2.65. The molecule has 0 bridgehead atoms. The second-order valence-corrected chi connectivity index (χ2v) is 6.69. The van der Waals surface area contributed by atoms with Crippen molar-refractivity contribution in [1.82, 2.24) is 4.98 Å². The number of hydrogen-bond donors (Lipinski definition) is 1. The summed E-state index contributed by atoms with van der Waals surface area (Å²) in [4.78, 5) is 28.1. The van der Waals surface area contributed by atoms with Gasteiger partial charge in [-0.05, 0) is 51.0 Å². The first kappa shape index (κ1) is 18.7. The van der Waals surface area contributed by atoms with E-state index in [4.69, 9.17) is 0 Å². The maximum Gasteiger partial charge on any atom is 0.234 e. The number of pyridine rings is 1. The lowest BCUT2D eigenvalue weighted by molar-refractivity contribution is -0.113. The number of carbonyl (C=O) groups is 2. The largest absolute Gasteiger partial charge is 0.325 e. The molecule has 128 valence electrons. The van der Waals surface area contributed by atoms with E-state index >= 15 is 0 Å². The quantitative estimate of drug-likeness (QED) is 0.653. The van der Waals surface area contributed by atoms with Crippen LogP contribution in [-0.4, -0.2) is 22.4 Å². The molecule has 0 fully saturated rings. The Morgan fingerprint density at radius 3 is 2.64 bits per heavy atom. The molecule has 1 amide bonds. The number of aryl methyl sites for hydroxylation is 2. The number of rotatable bonds is 5. The lowest BCUT2D eigenvalue weighted by Crippen LogP contribution is -2.15. The van der Waals surface area contributed by atoms with Crippen molar-refractivity contribution in [3.05, 3.63) is 52.2 Å². The highest BCUT2D eigenvalue weighted by Gasteiger charge is 2.14. The minimum absolute atomic E-state index is 0.133. The first-order valence-corrected chi connectivity index (χ1v) is 8.73. The van der Waals surface area contributed by atoms with Gasteiger partial charge in [0.25, 0.3) is 0 Å². The molecular weight excluding hydrogens is 334 g/mol. The topological polar surface area (TPSA) is 82.8 Å². The Bertz CT molecular complexity index is 885. The summed E-state index contributed by atoms with van der Waals surface area (Å²) in [5.74, 6) is -0.170. The van der Waals surface area contributed by atoms with Crippen LogP contribution >= 0.6 is 11.8 Å². The van der Waals surface area contributed by atoms with E-state index in [1.165, 1.54) is 24.8 Å². The summed E-state index contributed by atoms with van der Waals surface area (Å²) < 4.78 is 0. The van der Waals surface area contributed by atoms with Crippen molar-refractivity contribution < 1.29 is 9.59 Å². The first-order valence-electron chi connectivity index (χ1n) is 7.75. The van der Waals surface area contributed by atoms with E-state index in [0.29, 0.717) is 21.8 Å². The summed E-state index contributed by atoms with van der Waals surface area (Å²) in [6.45, 7) is 7.10. The summed E-state index contributed by atoms with van der Waals surface area (Å²) in [5.41, 5.74) is 4.21.